The summed E-state index contributed by atoms with van der Waals surface area (Å²) >= 11 is 0. The largest absolute Gasteiger partial charge is 0.481 e. The second kappa shape index (κ2) is 7.28. The number of carboxylic acid groups (broad SMARTS) is 1. The van der Waals surface area contributed by atoms with Crippen LogP contribution in [0.4, 0.5) is 13.2 Å². The van der Waals surface area contributed by atoms with Crippen LogP contribution >= 0.6 is 0 Å². The van der Waals surface area contributed by atoms with Crippen LogP contribution in [0.3, 0.4) is 0 Å². The molecule has 0 atom stereocenters. The maximum atomic E-state index is 12.5. The summed E-state index contributed by atoms with van der Waals surface area (Å²) in [6.45, 7) is 0.219. The van der Waals surface area contributed by atoms with E-state index in [0.717, 1.165) is 16.8 Å². The average Bonchev–Trinajstić information content (AvgIpc) is 3.03. The Morgan fingerprint density at radius 3 is 2.60 bits per heavy atom. The fraction of sp³-hybridized carbons (Fsp3) is 0.357. The van der Waals surface area contributed by atoms with Crippen molar-refractivity contribution in [1.82, 2.24) is 24.9 Å². The number of amides is 1. The molecule has 8 nitrogen and oxygen atoms in total. The third-order valence-electron chi connectivity index (χ3n) is 3.25. The molecule has 0 aromatic carbocycles. The van der Waals surface area contributed by atoms with Gasteiger partial charge in [-0.15, -0.1) is 5.10 Å². The molecule has 134 valence electrons. The van der Waals surface area contributed by atoms with Crippen molar-refractivity contribution in [2.75, 3.05) is 13.6 Å². The SMILES string of the molecule is CN(CCCC(=O)O)C(=O)c1cn(-c2ccc(C(F)(F)F)cn2)nn1. The molecule has 0 radical (unpaired) electrons. The first-order valence-corrected chi connectivity index (χ1v) is 7.11. The lowest BCUT2D eigenvalue weighted by Crippen LogP contribution is -2.28. The molecule has 0 aliphatic heterocycles. The second-order valence-electron chi connectivity index (χ2n) is 5.18. The Bertz CT molecular complexity index is 758. The Hall–Kier alpha value is -2.98. The smallest absolute Gasteiger partial charge is 0.417 e. The number of carbonyl (C=O) groups excluding carboxylic acids is 1. The van der Waals surface area contributed by atoms with Crippen LogP contribution in [-0.2, 0) is 11.0 Å². The van der Waals surface area contributed by atoms with Gasteiger partial charge in [-0.1, -0.05) is 5.21 Å². The van der Waals surface area contributed by atoms with E-state index < -0.39 is 23.6 Å². The molecular weight excluding hydrogens is 343 g/mol. The van der Waals surface area contributed by atoms with Crippen molar-refractivity contribution < 1.29 is 27.9 Å². The lowest BCUT2D eigenvalue weighted by atomic mass is 10.3. The van der Waals surface area contributed by atoms with Crippen molar-refractivity contribution in [3.8, 4) is 5.82 Å². The van der Waals surface area contributed by atoms with Gasteiger partial charge in [0.25, 0.3) is 5.91 Å². The maximum Gasteiger partial charge on any atom is 0.417 e. The fourth-order valence-electron chi connectivity index (χ4n) is 1.93. The van der Waals surface area contributed by atoms with Gasteiger partial charge in [0.2, 0.25) is 0 Å². The zero-order valence-electron chi connectivity index (χ0n) is 13.1. The molecule has 0 aliphatic rings. The summed E-state index contributed by atoms with van der Waals surface area (Å²) in [4.78, 5) is 27.5. The molecular formula is C14H14F3N5O3. The minimum absolute atomic E-state index is 0.0282. The highest BCUT2D eigenvalue weighted by Crippen LogP contribution is 2.28. The van der Waals surface area contributed by atoms with Crippen molar-refractivity contribution >= 4 is 11.9 Å². The molecule has 25 heavy (non-hydrogen) atoms. The summed E-state index contributed by atoms with van der Waals surface area (Å²) < 4.78 is 38.6. The number of hydrogen-bond acceptors (Lipinski definition) is 5. The van der Waals surface area contributed by atoms with E-state index in [2.05, 4.69) is 15.3 Å². The third-order valence-corrected chi connectivity index (χ3v) is 3.25. The molecule has 0 saturated carbocycles. The highest BCUT2D eigenvalue weighted by molar-refractivity contribution is 5.91. The van der Waals surface area contributed by atoms with E-state index in [0.29, 0.717) is 6.20 Å². The van der Waals surface area contributed by atoms with Crippen LogP contribution in [0.15, 0.2) is 24.5 Å². The van der Waals surface area contributed by atoms with Crippen LogP contribution in [0.1, 0.15) is 28.9 Å². The van der Waals surface area contributed by atoms with E-state index in [-0.39, 0.29) is 30.9 Å². The van der Waals surface area contributed by atoms with Crippen LogP contribution in [-0.4, -0.2) is 55.5 Å². The lowest BCUT2D eigenvalue weighted by molar-refractivity contribution is -0.138. The van der Waals surface area contributed by atoms with E-state index >= 15 is 0 Å². The Labute approximate surface area is 139 Å². The number of hydrogen-bond donors (Lipinski definition) is 1. The van der Waals surface area contributed by atoms with Crippen LogP contribution in [0.2, 0.25) is 0 Å². The highest BCUT2D eigenvalue weighted by Gasteiger charge is 2.30. The number of carboxylic acids is 1. The van der Waals surface area contributed by atoms with Gasteiger partial charge >= 0.3 is 12.1 Å². The van der Waals surface area contributed by atoms with E-state index in [1.165, 1.54) is 18.1 Å². The quantitative estimate of drug-likeness (QED) is 0.843. The summed E-state index contributed by atoms with van der Waals surface area (Å²) in [6.07, 6.45) is -2.37. The van der Waals surface area contributed by atoms with Crippen molar-refractivity contribution in [3.63, 3.8) is 0 Å². The second-order valence-corrected chi connectivity index (χ2v) is 5.18. The molecule has 1 amide bonds. The molecule has 2 rings (SSSR count). The molecule has 11 heteroatoms. The molecule has 0 aliphatic carbocycles. The zero-order valence-corrected chi connectivity index (χ0v) is 13.1. The number of halogens is 3. The number of alkyl halides is 3. The zero-order chi connectivity index (χ0) is 18.6. The van der Waals surface area contributed by atoms with Crippen LogP contribution < -0.4 is 0 Å². The van der Waals surface area contributed by atoms with Crippen molar-refractivity contribution in [3.05, 3.63) is 35.8 Å². The van der Waals surface area contributed by atoms with E-state index in [1.807, 2.05) is 0 Å². The average molecular weight is 357 g/mol. The molecule has 0 unspecified atom stereocenters. The lowest BCUT2D eigenvalue weighted by Gasteiger charge is -2.14. The van der Waals surface area contributed by atoms with Crippen molar-refractivity contribution in [2.24, 2.45) is 0 Å². The van der Waals surface area contributed by atoms with Crippen LogP contribution in [0, 0.1) is 0 Å². The minimum atomic E-state index is -4.49. The molecule has 0 saturated heterocycles. The monoisotopic (exact) mass is 357 g/mol. The number of nitrogens with zero attached hydrogens (tertiary/aromatic N) is 5. The van der Waals surface area contributed by atoms with Gasteiger partial charge in [-0.2, -0.15) is 13.2 Å². The maximum absolute atomic E-state index is 12.5. The van der Waals surface area contributed by atoms with Gasteiger partial charge in [0.05, 0.1) is 11.8 Å². The summed E-state index contributed by atoms with van der Waals surface area (Å²) in [5, 5.41) is 15.9. The third kappa shape index (κ3) is 4.75. The number of aliphatic carboxylic acids is 1. The van der Waals surface area contributed by atoms with Gasteiger partial charge in [-0.25, -0.2) is 9.67 Å². The molecule has 0 bridgehead atoms. The van der Waals surface area contributed by atoms with Gasteiger partial charge in [0, 0.05) is 26.2 Å². The summed E-state index contributed by atoms with van der Waals surface area (Å²) in [5.41, 5.74) is -0.926. The van der Waals surface area contributed by atoms with Gasteiger partial charge in [-0.3, -0.25) is 9.59 Å². The first kappa shape index (κ1) is 18.4. The predicted octanol–water partition coefficient (Wildman–Crippen LogP) is 1.62. The Morgan fingerprint density at radius 2 is 2.04 bits per heavy atom. The first-order valence-electron chi connectivity index (χ1n) is 7.11. The molecule has 2 aromatic rings. The van der Waals surface area contributed by atoms with Gasteiger partial charge in [0.15, 0.2) is 11.5 Å². The fourth-order valence-corrected chi connectivity index (χ4v) is 1.93. The Kier molecular flexibility index (Phi) is 5.35. The number of pyridine rings is 1. The van der Waals surface area contributed by atoms with Crippen LogP contribution in [0.25, 0.3) is 5.82 Å². The standard InChI is InChI=1S/C14H14F3N5O3/c1-21(6-2-3-12(23)24)13(25)10-8-22(20-19-10)11-5-4-9(7-18-11)14(15,16)17/h4-5,7-8H,2-3,6H2,1H3,(H,23,24). The van der Waals surface area contributed by atoms with E-state index in [1.54, 1.807) is 0 Å². The topological polar surface area (TPSA) is 101 Å². The molecule has 0 spiro atoms. The molecule has 0 fully saturated rings. The van der Waals surface area contributed by atoms with E-state index in [9.17, 15) is 22.8 Å². The van der Waals surface area contributed by atoms with Gasteiger partial charge in [0.1, 0.15) is 0 Å². The highest BCUT2D eigenvalue weighted by atomic mass is 19.4. The first-order chi connectivity index (χ1) is 11.7. The van der Waals surface area contributed by atoms with Gasteiger partial charge in [-0.05, 0) is 18.6 Å². The van der Waals surface area contributed by atoms with Crippen molar-refractivity contribution in [1.29, 1.82) is 0 Å². The summed E-state index contributed by atoms with van der Waals surface area (Å²) in [6, 6.07) is 1.96. The van der Waals surface area contributed by atoms with Crippen molar-refractivity contribution in [2.45, 2.75) is 19.0 Å². The normalized spacial score (nSPS) is 11.4. The number of aromatic nitrogens is 4. The summed E-state index contributed by atoms with van der Waals surface area (Å²) in [5.74, 6) is -1.36. The Balaban J connectivity index is 2.06. The number of carbonyl (C=O) groups is 2. The molecule has 1 N–H and O–H groups in total. The minimum Gasteiger partial charge on any atom is -0.481 e. The number of rotatable bonds is 6. The Morgan fingerprint density at radius 1 is 1.32 bits per heavy atom. The van der Waals surface area contributed by atoms with E-state index in [4.69, 9.17) is 5.11 Å². The molecule has 2 heterocycles. The summed E-state index contributed by atoms with van der Waals surface area (Å²) in [7, 11) is 1.49. The van der Waals surface area contributed by atoms with Gasteiger partial charge < -0.3 is 10.0 Å². The van der Waals surface area contributed by atoms with Crippen LogP contribution in [0.5, 0.6) is 0 Å². The molecule has 2 aromatic heterocycles. The predicted molar refractivity (Wildman–Crippen MR) is 78.0 cm³/mol.